The Hall–Kier alpha value is -2.01. The van der Waals surface area contributed by atoms with Gasteiger partial charge in [0.1, 0.15) is 11.3 Å². The van der Waals surface area contributed by atoms with Crippen LogP contribution in [0.5, 0.6) is 0 Å². The lowest BCUT2D eigenvalue weighted by Gasteiger charge is -2.34. The first-order valence-electron chi connectivity index (χ1n) is 10.2. The van der Waals surface area contributed by atoms with Crippen molar-refractivity contribution in [2.45, 2.75) is 40.2 Å². The van der Waals surface area contributed by atoms with Crippen LogP contribution in [0.2, 0.25) is 0 Å². The standard InChI is InChI=1S/C22H34N4O/c1-16(2)14-26-11-7-8-18(15-26)12-24-22(23-4)25-13-21-17(3)19-9-5-6-10-20(19)27-21/h5-6,9-10,16,18H,7-8,11-15H2,1-4H3,(H2,23,24,25). The van der Waals surface area contributed by atoms with Gasteiger partial charge >= 0.3 is 0 Å². The minimum Gasteiger partial charge on any atom is -0.459 e. The second-order valence-electron chi connectivity index (χ2n) is 8.11. The zero-order valence-corrected chi connectivity index (χ0v) is 17.2. The van der Waals surface area contributed by atoms with Crippen molar-refractivity contribution in [3.05, 3.63) is 35.6 Å². The SMILES string of the molecule is CN=C(NCc1oc2ccccc2c1C)NCC1CCCN(CC(C)C)C1. The molecule has 0 radical (unpaired) electrons. The second-order valence-corrected chi connectivity index (χ2v) is 8.11. The van der Waals surface area contributed by atoms with Crippen molar-refractivity contribution in [1.29, 1.82) is 0 Å². The molecule has 1 saturated heterocycles. The third-order valence-electron chi connectivity index (χ3n) is 5.37. The van der Waals surface area contributed by atoms with Crippen molar-refractivity contribution >= 4 is 16.9 Å². The number of rotatable bonds is 6. The number of likely N-dealkylation sites (tertiary alicyclic amines) is 1. The van der Waals surface area contributed by atoms with Crippen molar-refractivity contribution in [3.63, 3.8) is 0 Å². The molecule has 0 bridgehead atoms. The summed E-state index contributed by atoms with van der Waals surface area (Å²) >= 11 is 0. The molecule has 1 unspecified atom stereocenters. The first kappa shape index (κ1) is 19.7. The summed E-state index contributed by atoms with van der Waals surface area (Å²) in [5.74, 6) is 3.23. The van der Waals surface area contributed by atoms with Crippen LogP contribution in [-0.4, -0.2) is 44.1 Å². The smallest absolute Gasteiger partial charge is 0.191 e. The summed E-state index contributed by atoms with van der Waals surface area (Å²) in [6, 6.07) is 8.19. The summed E-state index contributed by atoms with van der Waals surface area (Å²) in [4.78, 5) is 6.98. The highest BCUT2D eigenvalue weighted by molar-refractivity contribution is 5.82. The molecule has 148 valence electrons. The Kier molecular flexibility index (Phi) is 6.78. The van der Waals surface area contributed by atoms with E-state index in [1.165, 1.54) is 43.4 Å². The number of nitrogens with zero attached hydrogens (tertiary/aromatic N) is 2. The Morgan fingerprint density at radius 3 is 2.85 bits per heavy atom. The Morgan fingerprint density at radius 1 is 1.30 bits per heavy atom. The summed E-state index contributed by atoms with van der Waals surface area (Å²) in [6.07, 6.45) is 2.59. The number of hydrogen-bond acceptors (Lipinski definition) is 3. The molecule has 1 aliphatic rings. The molecule has 0 aliphatic carbocycles. The number of hydrogen-bond donors (Lipinski definition) is 2. The van der Waals surface area contributed by atoms with Gasteiger partial charge in [0.25, 0.3) is 0 Å². The maximum Gasteiger partial charge on any atom is 0.191 e. The molecule has 5 heteroatoms. The molecule has 2 N–H and O–H groups in total. The van der Waals surface area contributed by atoms with E-state index in [0.29, 0.717) is 12.5 Å². The normalized spacial score (nSPS) is 19.0. The van der Waals surface area contributed by atoms with Gasteiger partial charge in [0, 0.05) is 37.6 Å². The lowest BCUT2D eigenvalue weighted by Crippen LogP contribution is -2.45. The van der Waals surface area contributed by atoms with Crippen LogP contribution in [0.1, 0.15) is 38.0 Å². The largest absolute Gasteiger partial charge is 0.459 e. The molecule has 2 aromatic rings. The molecule has 27 heavy (non-hydrogen) atoms. The van der Waals surface area contributed by atoms with Gasteiger partial charge in [-0.2, -0.15) is 0 Å². The number of piperidine rings is 1. The van der Waals surface area contributed by atoms with Gasteiger partial charge in [0.05, 0.1) is 6.54 Å². The van der Waals surface area contributed by atoms with Crippen LogP contribution in [0.3, 0.4) is 0 Å². The molecule has 2 heterocycles. The van der Waals surface area contributed by atoms with Crippen molar-refractivity contribution < 1.29 is 4.42 Å². The number of aliphatic imine (C=N–C) groups is 1. The Labute approximate surface area is 163 Å². The van der Waals surface area contributed by atoms with E-state index in [4.69, 9.17) is 4.42 Å². The number of furan rings is 1. The average molecular weight is 371 g/mol. The van der Waals surface area contributed by atoms with E-state index in [2.05, 4.69) is 53.4 Å². The molecular formula is C22H34N4O. The molecule has 3 rings (SSSR count). The Balaban J connectivity index is 1.50. The number of guanidine groups is 1. The van der Waals surface area contributed by atoms with E-state index in [1.54, 1.807) is 0 Å². The van der Waals surface area contributed by atoms with Crippen LogP contribution in [0, 0.1) is 18.8 Å². The summed E-state index contributed by atoms with van der Waals surface area (Å²) in [5.41, 5.74) is 2.15. The van der Waals surface area contributed by atoms with Crippen molar-refractivity contribution in [3.8, 4) is 0 Å². The monoisotopic (exact) mass is 370 g/mol. The molecule has 1 fully saturated rings. The molecule has 0 spiro atoms. The summed E-state index contributed by atoms with van der Waals surface area (Å²) in [6.45, 7) is 12.0. The van der Waals surface area contributed by atoms with Crippen LogP contribution >= 0.6 is 0 Å². The zero-order chi connectivity index (χ0) is 19.2. The topological polar surface area (TPSA) is 52.8 Å². The quantitative estimate of drug-likeness (QED) is 0.600. The van der Waals surface area contributed by atoms with Gasteiger partial charge in [-0.1, -0.05) is 32.0 Å². The Bertz CT molecular complexity index is 765. The van der Waals surface area contributed by atoms with Gasteiger partial charge in [-0.25, -0.2) is 0 Å². The van der Waals surface area contributed by atoms with Crippen LogP contribution in [0.4, 0.5) is 0 Å². The summed E-state index contributed by atoms with van der Waals surface area (Å²) in [5, 5.41) is 8.09. The minimum atomic E-state index is 0.643. The molecule has 1 aliphatic heterocycles. The number of fused-ring (bicyclic) bond motifs is 1. The zero-order valence-electron chi connectivity index (χ0n) is 17.2. The third-order valence-corrected chi connectivity index (χ3v) is 5.37. The average Bonchev–Trinajstić information content (AvgIpc) is 2.98. The van der Waals surface area contributed by atoms with E-state index in [-0.39, 0.29) is 0 Å². The molecule has 1 aromatic heterocycles. The van der Waals surface area contributed by atoms with E-state index >= 15 is 0 Å². The maximum atomic E-state index is 5.99. The second kappa shape index (κ2) is 9.27. The fourth-order valence-corrected chi connectivity index (χ4v) is 4.02. The van der Waals surface area contributed by atoms with Crippen LogP contribution in [0.15, 0.2) is 33.7 Å². The summed E-state index contributed by atoms with van der Waals surface area (Å²) < 4.78 is 5.99. The van der Waals surface area contributed by atoms with E-state index in [9.17, 15) is 0 Å². The fourth-order valence-electron chi connectivity index (χ4n) is 4.02. The summed E-state index contributed by atoms with van der Waals surface area (Å²) in [7, 11) is 1.83. The molecular weight excluding hydrogens is 336 g/mol. The highest BCUT2D eigenvalue weighted by Gasteiger charge is 2.20. The van der Waals surface area contributed by atoms with Crippen molar-refractivity contribution in [2.75, 3.05) is 33.2 Å². The minimum absolute atomic E-state index is 0.643. The highest BCUT2D eigenvalue weighted by Crippen LogP contribution is 2.24. The number of aryl methyl sites for hydroxylation is 1. The van der Waals surface area contributed by atoms with Gasteiger partial charge in [-0.05, 0) is 44.2 Å². The number of para-hydroxylation sites is 1. The lowest BCUT2D eigenvalue weighted by molar-refractivity contribution is 0.159. The van der Waals surface area contributed by atoms with Gasteiger partial charge in [0.15, 0.2) is 5.96 Å². The molecule has 1 atom stereocenters. The van der Waals surface area contributed by atoms with E-state index < -0.39 is 0 Å². The predicted octanol–water partition coefficient (Wildman–Crippen LogP) is 3.77. The van der Waals surface area contributed by atoms with Crippen molar-refractivity contribution in [1.82, 2.24) is 15.5 Å². The van der Waals surface area contributed by atoms with Gasteiger partial charge in [-0.3, -0.25) is 4.99 Å². The van der Waals surface area contributed by atoms with E-state index in [1.807, 2.05) is 19.2 Å². The Morgan fingerprint density at radius 2 is 2.11 bits per heavy atom. The molecule has 5 nitrogen and oxygen atoms in total. The van der Waals surface area contributed by atoms with Gasteiger partial charge in [0.2, 0.25) is 0 Å². The first-order valence-corrected chi connectivity index (χ1v) is 10.2. The molecule has 0 saturated carbocycles. The van der Waals surface area contributed by atoms with Crippen LogP contribution in [-0.2, 0) is 6.54 Å². The maximum absolute atomic E-state index is 5.99. The molecule has 0 amide bonds. The van der Waals surface area contributed by atoms with Crippen LogP contribution < -0.4 is 10.6 Å². The number of nitrogens with one attached hydrogen (secondary N) is 2. The molecule has 1 aromatic carbocycles. The third kappa shape index (κ3) is 5.25. The number of benzene rings is 1. The lowest BCUT2D eigenvalue weighted by atomic mass is 9.97. The van der Waals surface area contributed by atoms with Gasteiger partial charge < -0.3 is 20.0 Å². The highest BCUT2D eigenvalue weighted by atomic mass is 16.3. The first-order chi connectivity index (χ1) is 13.1. The predicted molar refractivity (Wildman–Crippen MR) is 113 cm³/mol. The van der Waals surface area contributed by atoms with Crippen LogP contribution in [0.25, 0.3) is 11.0 Å². The fraction of sp³-hybridized carbons (Fsp3) is 0.591. The van der Waals surface area contributed by atoms with Gasteiger partial charge in [-0.15, -0.1) is 0 Å². The van der Waals surface area contributed by atoms with E-state index in [0.717, 1.165) is 29.8 Å². The van der Waals surface area contributed by atoms with Crippen molar-refractivity contribution in [2.24, 2.45) is 16.8 Å².